The monoisotopic (exact) mass is 244 g/mol. The van der Waals surface area contributed by atoms with Crippen molar-refractivity contribution in [3.05, 3.63) is 48.2 Å². The Bertz CT molecular complexity index is 545. The van der Waals surface area contributed by atoms with E-state index in [-0.39, 0.29) is 11.7 Å². The molecule has 0 fully saturated rings. The summed E-state index contributed by atoms with van der Waals surface area (Å²) in [5, 5.41) is 11.9. The van der Waals surface area contributed by atoms with Crippen molar-refractivity contribution in [3.8, 4) is 0 Å². The standard InChI is InChI=1S/C12H12N4O2/c1-8(9-3-2-4-13-5-9)15-11-7-14-6-10(16-11)12(17)18/h2-8H,1H3,(H,15,16)(H,17,18). The zero-order chi connectivity index (χ0) is 13.0. The van der Waals surface area contributed by atoms with Gasteiger partial charge in [-0.15, -0.1) is 0 Å². The number of carbonyl (C=O) groups is 1. The predicted molar refractivity (Wildman–Crippen MR) is 65.3 cm³/mol. The van der Waals surface area contributed by atoms with Crippen LogP contribution in [0.4, 0.5) is 5.82 Å². The number of hydrogen-bond acceptors (Lipinski definition) is 5. The number of carboxylic acids is 1. The van der Waals surface area contributed by atoms with Gasteiger partial charge in [-0.05, 0) is 18.6 Å². The third kappa shape index (κ3) is 2.79. The Morgan fingerprint density at radius 2 is 2.17 bits per heavy atom. The zero-order valence-electron chi connectivity index (χ0n) is 9.74. The number of rotatable bonds is 4. The van der Waals surface area contributed by atoms with E-state index >= 15 is 0 Å². The molecule has 0 bridgehead atoms. The van der Waals surface area contributed by atoms with Crippen molar-refractivity contribution in [2.45, 2.75) is 13.0 Å². The fraction of sp³-hybridized carbons (Fsp3) is 0.167. The SMILES string of the molecule is CC(Nc1cncc(C(=O)O)n1)c1cccnc1. The molecule has 0 saturated carbocycles. The van der Waals surface area contributed by atoms with Gasteiger partial charge in [-0.2, -0.15) is 0 Å². The third-order valence-electron chi connectivity index (χ3n) is 2.40. The summed E-state index contributed by atoms with van der Waals surface area (Å²) < 4.78 is 0. The maximum Gasteiger partial charge on any atom is 0.356 e. The van der Waals surface area contributed by atoms with Crippen LogP contribution >= 0.6 is 0 Å². The normalized spacial score (nSPS) is 11.8. The van der Waals surface area contributed by atoms with Crippen LogP contribution in [-0.2, 0) is 0 Å². The predicted octanol–water partition coefficient (Wildman–Crippen LogP) is 1.74. The molecule has 2 aromatic rings. The minimum atomic E-state index is -1.10. The molecule has 6 nitrogen and oxygen atoms in total. The minimum absolute atomic E-state index is 0.0305. The topological polar surface area (TPSA) is 88.0 Å². The zero-order valence-corrected chi connectivity index (χ0v) is 9.74. The lowest BCUT2D eigenvalue weighted by molar-refractivity contribution is 0.0690. The van der Waals surface area contributed by atoms with E-state index in [0.29, 0.717) is 5.82 Å². The van der Waals surface area contributed by atoms with Crippen molar-refractivity contribution in [2.24, 2.45) is 0 Å². The summed E-state index contributed by atoms with van der Waals surface area (Å²) in [4.78, 5) is 22.6. The molecule has 0 aromatic carbocycles. The second kappa shape index (κ2) is 5.22. The summed E-state index contributed by atoms with van der Waals surface area (Å²) in [6, 6.07) is 3.74. The van der Waals surface area contributed by atoms with E-state index in [4.69, 9.17) is 5.11 Å². The van der Waals surface area contributed by atoms with Gasteiger partial charge in [0.2, 0.25) is 0 Å². The highest BCUT2D eigenvalue weighted by Crippen LogP contribution is 2.16. The lowest BCUT2D eigenvalue weighted by Gasteiger charge is -2.14. The summed E-state index contributed by atoms with van der Waals surface area (Å²) >= 11 is 0. The second-order valence-corrected chi connectivity index (χ2v) is 3.75. The van der Waals surface area contributed by atoms with Crippen LogP contribution in [0.1, 0.15) is 29.0 Å². The maximum atomic E-state index is 10.8. The number of nitrogens with zero attached hydrogens (tertiary/aromatic N) is 3. The van der Waals surface area contributed by atoms with Gasteiger partial charge in [0, 0.05) is 12.4 Å². The molecule has 0 saturated heterocycles. The molecular formula is C12H12N4O2. The fourth-order valence-corrected chi connectivity index (χ4v) is 1.48. The first-order valence-corrected chi connectivity index (χ1v) is 5.38. The van der Waals surface area contributed by atoms with E-state index in [1.54, 1.807) is 12.4 Å². The Labute approximate surface area is 104 Å². The quantitative estimate of drug-likeness (QED) is 0.851. The van der Waals surface area contributed by atoms with Crippen LogP contribution in [0.5, 0.6) is 0 Å². The van der Waals surface area contributed by atoms with Crippen LogP contribution in [0, 0.1) is 0 Å². The summed E-state index contributed by atoms with van der Waals surface area (Å²) in [6.45, 7) is 1.94. The van der Waals surface area contributed by atoms with Crippen LogP contribution in [0.2, 0.25) is 0 Å². The Kier molecular flexibility index (Phi) is 3.47. The number of carboxylic acid groups (broad SMARTS) is 1. The number of aromatic nitrogens is 3. The molecule has 92 valence electrons. The van der Waals surface area contributed by atoms with Crippen molar-refractivity contribution in [3.63, 3.8) is 0 Å². The molecule has 6 heteroatoms. The van der Waals surface area contributed by atoms with Crippen LogP contribution in [0.15, 0.2) is 36.9 Å². The smallest absolute Gasteiger partial charge is 0.356 e. The number of pyridine rings is 1. The summed E-state index contributed by atoms with van der Waals surface area (Å²) in [5.41, 5.74) is 0.901. The Hall–Kier alpha value is -2.50. The number of aromatic carboxylic acids is 1. The molecule has 2 aromatic heterocycles. The van der Waals surface area contributed by atoms with Crippen LogP contribution in [0.25, 0.3) is 0 Å². The molecule has 0 radical (unpaired) electrons. The molecule has 2 N–H and O–H groups in total. The average Bonchev–Trinajstić information content (AvgIpc) is 2.40. The van der Waals surface area contributed by atoms with Gasteiger partial charge in [0.25, 0.3) is 0 Å². The molecule has 0 amide bonds. The van der Waals surface area contributed by atoms with E-state index in [9.17, 15) is 4.79 Å². The van der Waals surface area contributed by atoms with E-state index in [1.165, 1.54) is 12.4 Å². The number of anilines is 1. The van der Waals surface area contributed by atoms with Crippen LogP contribution < -0.4 is 5.32 Å². The number of hydrogen-bond donors (Lipinski definition) is 2. The van der Waals surface area contributed by atoms with E-state index in [1.807, 2.05) is 19.1 Å². The van der Waals surface area contributed by atoms with E-state index in [0.717, 1.165) is 5.56 Å². The van der Waals surface area contributed by atoms with Crippen molar-refractivity contribution in [2.75, 3.05) is 5.32 Å². The Morgan fingerprint density at radius 1 is 1.33 bits per heavy atom. The van der Waals surface area contributed by atoms with Gasteiger partial charge in [0.1, 0.15) is 5.82 Å². The molecule has 2 heterocycles. The molecule has 18 heavy (non-hydrogen) atoms. The first-order valence-electron chi connectivity index (χ1n) is 5.38. The minimum Gasteiger partial charge on any atom is -0.476 e. The largest absolute Gasteiger partial charge is 0.476 e. The molecule has 0 spiro atoms. The van der Waals surface area contributed by atoms with Gasteiger partial charge in [-0.1, -0.05) is 6.07 Å². The van der Waals surface area contributed by atoms with Crippen molar-refractivity contribution < 1.29 is 9.90 Å². The van der Waals surface area contributed by atoms with Gasteiger partial charge >= 0.3 is 5.97 Å². The molecule has 2 rings (SSSR count). The third-order valence-corrected chi connectivity index (χ3v) is 2.40. The molecule has 0 aliphatic heterocycles. The van der Waals surface area contributed by atoms with E-state index in [2.05, 4.69) is 20.3 Å². The highest BCUT2D eigenvalue weighted by Gasteiger charge is 2.09. The maximum absolute atomic E-state index is 10.8. The van der Waals surface area contributed by atoms with E-state index < -0.39 is 5.97 Å². The summed E-state index contributed by atoms with van der Waals surface area (Å²) in [7, 11) is 0. The van der Waals surface area contributed by atoms with Gasteiger partial charge < -0.3 is 10.4 Å². The van der Waals surface area contributed by atoms with Crippen molar-refractivity contribution in [1.82, 2.24) is 15.0 Å². The first-order chi connectivity index (χ1) is 8.66. The van der Waals surface area contributed by atoms with Crippen molar-refractivity contribution >= 4 is 11.8 Å². The fourth-order valence-electron chi connectivity index (χ4n) is 1.48. The average molecular weight is 244 g/mol. The number of nitrogens with one attached hydrogen (secondary N) is 1. The Morgan fingerprint density at radius 3 is 2.83 bits per heavy atom. The Balaban J connectivity index is 2.14. The van der Waals surface area contributed by atoms with Crippen LogP contribution in [0.3, 0.4) is 0 Å². The summed E-state index contributed by atoms with van der Waals surface area (Å²) in [6.07, 6.45) is 6.13. The van der Waals surface area contributed by atoms with Crippen LogP contribution in [-0.4, -0.2) is 26.0 Å². The lowest BCUT2D eigenvalue weighted by atomic mass is 10.1. The molecule has 1 atom stereocenters. The van der Waals surface area contributed by atoms with Gasteiger partial charge in [0.05, 0.1) is 18.4 Å². The van der Waals surface area contributed by atoms with Gasteiger partial charge in [-0.3, -0.25) is 9.97 Å². The van der Waals surface area contributed by atoms with Crippen molar-refractivity contribution in [1.29, 1.82) is 0 Å². The molecule has 0 aliphatic rings. The highest BCUT2D eigenvalue weighted by atomic mass is 16.4. The lowest BCUT2D eigenvalue weighted by Crippen LogP contribution is -2.10. The molecule has 1 unspecified atom stereocenters. The molecular weight excluding hydrogens is 232 g/mol. The second-order valence-electron chi connectivity index (χ2n) is 3.75. The highest BCUT2D eigenvalue weighted by molar-refractivity contribution is 5.85. The van der Waals surface area contributed by atoms with Gasteiger partial charge in [0.15, 0.2) is 5.69 Å². The van der Waals surface area contributed by atoms with Gasteiger partial charge in [-0.25, -0.2) is 9.78 Å². The first kappa shape index (κ1) is 12.0. The summed E-state index contributed by atoms with van der Waals surface area (Å²) in [5.74, 6) is -0.675. The molecule has 0 aliphatic carbocycles.